The van der Waals surface area contributed by atoms with Gasteiger partial charge in [0.25, 0.3) is 11.8 Å². The number of aromatic nitrogens is 1. The number of para-hydroxylation sites is 1. The molecular weight excluding hydrogens is 318 g/mol. The van der Waals surface area contributed by atoms with Gasteiger partial charge in [-0.3, -0.25) is 9.59 Å². The molecular formula is C19H23N3O3. The van der Waals surface area contributed by atoms with E-state index in [9.17, 15) is 9.59 Å². The van der Waals surface area contributed by atoms with Gasteiger partial charge in [-0.25, -0.2) is 0 Å². The summed E-state index contributed by atoms with van der Waals surface area (Å²) in [5.41, 5.74) is 1.25. The number of aryl methyl sites for hydroxylation is 1. The fourth-order valence-corrected chi connectivity index (χ4v) is 3.13. The van der Waals surface area contributed by atoms with Crippen molar-refractivity contribution >= 4 is 11.8 Å². The quantitative estimate of drug-likeness (QED) is 0.858. The number of ether oxygens (including phenoxy) is 1. The molecule has 6 heteroatoms. The lowest BCUT2D eigenvalue weighted by Crippen LogP contribution is -2.37. The normalized spacial score (nSPS) is 15.0. The molecule has 1 aromatic heterocycles. The minimum absolute atomic E-state index is 0.0205. The summed E-state index contributed by atoms with van der Waals surface area (Å²) in [6.45, 7) is 2.35. The van der Waals surface area contributed by atoms with Crippen LogP contribution in [0.5, 0.6) is 5.75 Å². The lowest BCUT2D eigenvalue weighted by molar-refractivity contribution is 0.0717. The third kappa shape index (κ3) is 3.68. The van der Waals surface area contributed by atoms with Gasteiger partial charge in [-0.15, -0.1) is 0 Å². The summed E-state index contributed by atoms with van der Waals surface area (Å²) in [7, 11) is 3.46. The Morgan fingerprint density at radius 2 is 1.64 bits per heavy atom. The van der Waals surface area contributed by atoms with Gasteiger partial charge in [0.05, 0.1) is 18.2 Å². The molecule has 0 aliphatic carbocycles. The molecule has 0 spiro atoms. The van der Waals surface area contributed by atoms with Crippen LogP contribution in [0.15, 0.2) is 42.7 Å². The number of rotatable bonds is 3. The maximum Gasteiger partial charge on any atom is 0.257 e. The highest BCUT2D eigenvalue weighted by Gasteiger charge is 2.25. The molecule has 0 saturated carbocycles. The first-order valence-corrected chi connectivity index (χ1v) is 8.43. The van der Waals surface area contributed by atoms with Crippen LogP contribution < -0.4 is 4.74 Å². The monoisotopic (exact) mass is 341 g/mol. The van der Waals surface area contributed by atoms with Crippen molar-refractivity contribution in [3.63, 3.8) is 0 Å². The Bertz CT molecular complexity index is 769. The van der Waals surface area contributed by atoms with Gasteiger partial charge in [0.2, 0.25) is 0 Å². The van der Waals surface area contributed by atoms with E-state index in [1.807, 2.05) is 47.1 Å². The number of hydrogen-bond acceptors (Lipinski definition) is 3. The van der Waals surface area contributed by atoms with E-state index in [2.05, 4.69) is 0 Å². The number of carbonyl (C=O) groups is 2. The van der Waals surface area contributed by atoms with Crippen LogP contribution in [0.25, 0.3) is 0 Å². The largest absolute Gasteiger partial charge is 0.496 e. The van der Waals surface area contributed by atoms with Gasteiger partial charge in [-0.05, 0) is 24.6 Å². The Morgan fingerprint density at radius 3 is 2.28 bits per heavy atom. The number of methoxy groups -OCH3 is 1. The fraction of sp³-hybridized carbons (Fsp3) is 0.368. The van der Waals surface area contributed by atoms with Crippen molar-refractivity contribution in [3.05, 3.63) is 53.9 Å². The molecule has 2 aromatic rings. The Hall–Kier alpha value is -2.76. The second kappa shape index (κ2) is 7.42. The van der Waals surface area contributed by atoms with E-state index >= 15 is 0 Å². The summed E-state index contributed by atoms with van der Waals surface area (Å²) < 4.78 is 7.16. The second-order valence-corrected chi connectivity index (χ2v) is 6.20. The van der Waals surface area contributed by atoms with Crippen LogP contribution >= 0.6 is 0 Å². The van der Waals surface area contributed by atoms with E-state index in [1.165, 1.54) is 0 Å². The highest BCUT2D eigenvalue weighted by atomic mass is 16.5. The standard InChI is InChI=1S/C19H23N3O3/c1-20-11-8-15(14-20)18(23)21-9-5-10-22(13-12-21)19(24)16-6-3-4-7-17(16)25-2/h3-4,6-8,11,14H,5,9-10,12-13H2,1-2H3. The Balaban J connectivity index is 1.69. The minimum Gasteiger partial charge on any atom is -0.496 e. The number of benzene rings is 1. The van der Waals surface area contributed by atoms with Crippen LogP contribution in [0.1, 0.15) is 27.1 Å². The van der Waals surface area contributed by atoms with Crippen LogP contribution in [0.3, 0.4) is 0 Å². The molecule has 25 heavy (non-hydrogen) atoms. The summed E-state index contributed by atoms with van der Waals surface area (Å²) in [5, 5.41) is 0. The predicted octanol–water partition coefficient (Wildman–Crippen LogP) is 2.02. The minimum atomic E-state index is -0.0496. The van der Waals surface area contributed by atoms with Crippen LogP contribution in [-0.4, -0.2) is 59.5 Å². The van der Waals surface area contributed by atoms with Gasteiger partial charge >= 0.3 is 0 Å². The Kier molecular flexibility index (Phi) is 5.07. The van der Waals surface area contributed by atoms with Crippen molar-refractivity contribution in [2.75, 3.05) is 33.3 Å². The molecule has 2 heterocycles. The number of nitrogens with zero attached hydrogens (tertiary/aromatic N) is 3. The molecule has 1 aliphatic rings. The molecule has 2 amide bonds. The average molecular weight is 341 g/mol. The molecule has 6 nitrogen and oxygen atoms in total. The Morgan fingerprint density at radius 1 is 0.960 bits per heavy atom. The highest BCUT2D eigenvalue weighted by molar-refractivity contribution is 5.97. The number of carbonyl (C=O) groups excluding carboxylic acids is 2. The molecule has 1 aromatic carbocycles. The lowest BCUT2D eigenvalue weighted by atomic mass is 10.1. The molecule has 132 valence electrons. The zero-order valence-electron chi connectivity index (χ0n) is 14.6. The molecule has 0 unspecified atom stereocenters. The van der Waals surface area contributed by atoms with Crippen molar-refractivity contribution in [2.45, 2.75) is 6.42 Å². The van der Waals surface area contributed by atoms with Crippen molar-refractivity contribution in [2.24, 2.45) is 7.05 Å². The first kappa shape index (κ1) is 17.1. The van der Waals surface area contributed by atoms with Crippen LogP contribution in [0.2, 0.25) is 0 Å². The maximum atomic E-state index is 12.8. The first-order chi connectivity index (χ1) is 12.1. The van der Waals surface area contributed by atoms with E-state index in [0.717, 1.165) is 6.42 Å². The lowest BCUT2D eigenvalue weighted by Gasteiger charge is -2.22. The summed E-state index contributed by atoms with van der Waals surface area (Å²) >= 11 is 0. The number of hydrogen-bond donors (Lipinski definition) is 0. The third-order valence-electron chi connectivity index (χ3n) is 4.49. The van der Waals surface area contributed by atoms with E-state index < -0.39 is 0 Å². The van der Waals surface area contributed by atoms with E-state index in [0.29, 0.717) is 43.1 Å². The second-order valence-electron chi connectivity index (χ2n) is 6.20. The van der Waals surface area contributed by atoms with Gasteiger partial charge < -0.3 is 19.1 Å². The molecule has 0 N–H and O–H groups in total. The number of amides is 2. The maximum absolute atomic E-state index is 12.8. The van der Waals surface area contributed by atoms with Crippen molar-refractivity contribution in [1.82, 2.24) is 14.4 Å². The fourth-order valence-electron chi connectivity index (χ4n) is 3.13. The Labute approximate surface area is 147 Å². The van der Waals surface area contributed by atoms with Crippen LogP contribution in [-0.2, 0) is 7.05 Å². The predicted molar refractivity (Wildman–Crippen MR) is 94.8 cm³/mol. The van der Waals surface area contributed by atoms with Gasteiger partial charge in [-0.1, -0.05) is 12.1 Å². The smallest absolute Gasteiger partial charge is 0.257 e. The zero-order valence-corrected chi connectivity index (χ0v) is 14.6. The van der Waals surface area contributed by atoms with E-state index in [-0.39, 0.29) is 11.8 Å². The molecule has 1 fully saturated rings. The van der Waals surface area contributed by atoms with Crippen LogP contribution in [0, 0.1) is 0 Å². The molecule has 0 bridgehead atoms. The zero-order chi connectivity index (χ0) is 17.8. The summed E-state index contributed by atoms with van der Waals surface area (Å²) in [4.78, 5) is 29.0. The van der Waals surface area contributed by atoms with E-state index in [4.69, 9.17) is 4.74 Å². The summed E-state index contributed by atoms with van der Waals surface area (Å²) in [5.74, 6) is 0.549. The summed E-state index contributed by atoms with van der Waals surface area (Å²) in [6.07, 6.45) is 4.45. The SMILES string of the molecule is COc1ccccc1C(=O)N1CCCN(C(=O)c2ccn(C)c2)CC1. The van der Waals surface area contributed by atoms with Crippen molar-refractivity contribution in [3.8, 4) is 5.75 Å². The van der Waals surface area contributed by atoms with Gasteiger partial charge in [0.15, 0.2) is 0 Å². The van der Waals surface area contributed by atoms with Gasteiger partial charge in [0.1, 0.15) is 5.75 Å². The topological polar surface area (TPSA) is 54.8 Å². The van der Waals surface area contributed by atoms with Crippen molar-refractivity contribution in [1.29, 1.82) is 0 Å². The molecule has 1 saturated heterocycles. The summed E-state index contributed by atoms with van der Waals surface area (Å²) in [6, 6.07) is 9.07. The molecule has 3 rings (SSSR count). The average Bonchev–Trinajstić information content (AvgIpc) is 2.92. The third-order valence-corrected chi connectivity index (χ3v) is 4.49. The van der Waals surface area contributed by atoms with Crippen molar-refractivity contribution < 1.29 is 14.3 Å². The highest BCUT2D eigenvalue weighted by Crippen LogP contribution is 2.20. The molecule has 1 aliphatic heterocycles. The molecule has 0 atom stereocenters. The molecule has 0 radical (unpaired) electrons. The van der Waals surface area contributed by atoms with Gasteiger partial charge in [-0.2, -0.15) is 0 Å². The van der Waals surface area contributed by atoms with Crippen LogP contribution in [0.4, 0.5) is 0 Å². The van der Waals surface area contributed by atoms with E-state index in [1.54, 1.807) is 24.1 Å². The first-order valence-electron chi connectivity index (χ1n) is 8.43. The van der Waals surface area contributed by atoms with Gasteiger partial charge in [0, 0.05) is 45.6 Å².